The Labute approximate surface area is 165 Å². The first kappa shape index (κ1) is 22.5. The minimum atomic E-state index is -0.634. The Morgan fingerprint density at radius 1 is 1.48 bits per heavy atom. The summed E-state index contributed by atoms with van der Waals surface area (Å²) < 4.78 is 0. The molecule has 1 aliphatic carbocycles. The van der Waals surface area contributed by atoms with Crippen molar-refractivity contribution < 1.29 is 42.6 Å². The molecule has 0 saturated heterocycles. The number of hydrogen-bond donors (Lipinski definition) is 1. The smallest absolute Gasteiger partial charge is 0.145 e. The summed E-state index contributed by atoms with van der Waals surface area (Å²) in [5.74, 6) is 2.51. The normalized spacial score (nSPS) is 28.2. The van der Waals surface area contributed by atoms with Gasteiger partial charge >= 0.3 is 0 Å². The van der Waals surface area contributed by atoms with Crippen molar-refractivity contribution in [1.82, 2.24) is 0 Å². The van der Waals surface area contributed by atoms with Crippen molar-refractivity contribution in [2.24, 2.45) is 5.92 Å². The van der Waals surface area contributed by atoms with E-state index in [-0.39, 0.29) is 49.7 Å². The van der Waals surface area contributed by atoms with E-state index in [1.54, 1.807) is 23.5 Å². The molecule has 1 aliphatic rings. The van der Waals surface area contributed by atoms with Crippen molar-refractivity contribution in [3.05, 3.63) is 6.26 Å². The van der Waals surface area contributed by atoms with Crippen LogP contribution in [0.1, 0.15) is 46.0 Å². The molecule has 21 heavy (non-hydrogen) atoms. The third-order valence-corrected chi connectivity index (χ3v) is 6.27. The van der Waals surface area contributed by atoms with Crippen LogP contribution in [0, 0.1) is 12.2 Å². The Hall–Kier alpha value is 1.50. The van der Waals surface area contributed by atoms with E-state index in [0.717, 1.165) is 37.2 Å². The van der Waals surface area contributed by atoms with Gasteiger partial charge in [0.1, 0.15) is 5.78 Å². The van der Waals surface area contributed by atoms with Gasteiger partial charge in [0.05, 0.1) is 18.7 Å². The fourth-order valence-electron chi connectivity index (χ4n) is 2.57. The van der Waals surface area contributed by atoms with Gasteiger partial charge in [-0.3, -0.25) is 11.1 Å². The quantitative estimate of drug-likeness (QED) is 0.364. The van der Waals surface area contributed by atoms with Crippen LogP contribution < -0.4 is 0 Å². The summed E-state index contributed by atoms with van der Waals surface area (Å²) in [6, 6.07) is 0. The molecule has 1 saturated carbocycles. The second kappa shape index (κ2) is 11.1. The fourth-order valence-corrected chi connectivity index (χ4v) is 4.53. The summed E-state index contributed by atoms with van der Waals surface area (Å²) in [4.78, 5) is 12.1. The molecule has 2 unspecified atom stereocenters. The van der Waals surface area contributed by atoms with Crippen LogP contribution in [0.25, 0.3) is 0 Å². The van der Waals surface area contributed by atoms with Crippen molar-refractivity contribution in [1.29, 1.82) is 0 Å². The minimum absolute atomic E-state index is 0. The van der Waals surface area contributed by atoms with E-state index in [0.29, 0.717) is 12.2 Å². The first-order chi connectivity index (χ1) is 9.41. The molecule has 117 valence electrons. The number of carbonyl (C=O) groups excluding carboxylic acids is 1. The molecule has 0 aliphatic heterocycles. The Bertz CT molecular complexity index is 316. The number of carbonyl (C=O) groups is 1. The van der Waals surface area contributed by atoms with Crippen LogP contribution in [0.3, 0.4) is 0 Å². The van der Waals surface area contributed by atoms with Crippen LogP contribution in [0.5, 0.6) is 0 Å². The molecule has 0 spiro atoms. The zero-order valence-corrected chi connectivity index (χ0v) is 17.7. The van der Waals surface area contributed by atoms with Gasteiger partial charge in [-0.25, -0.2) is 0 Å². The summed E-state index contributed by atoms with van der Waals surface area (Å²) in [6.07, 6.45) is 7.64. The third-order valence-electron chi connectivity index (χ3n) is 4.20. The van der Waals surface area contributed by atoms with Gasteiger partial charge in [-0.1, -0.05) is 12.7 Å². The number of thioether (sulfide) groups is 2. The van der Waals surface area contributed by atoms with Gasteiger partial charge in [-0.05, 0) is 50.0 Å². The predicted octanol–water partition coefficient (Wildman–Crippen LogP) is 3.49. The average Bonchev–Trinajstić information content (AvgIpc) is 2.67. The Balaban J connectivity index is 0.00000400. The molecule has 0 aromatic heterocycles. The van der Waals surface area contributed by atoms with Crippen LogP contribution >= 0.6 is 23.5 Å². The largest absolute Gasteiger partial charge is 0.390 e. The van der Waals surface area contributed by atoms with E-state index in [1.807, 2.05) is 13.8 Å². The van der Waals surface area contributed by atoms with Crippen LogP contribution in [0.15, 0.2) is 0 Å². The van der Waals surface area contributed by atoms with E-state index in [4.69, 9.17) is 7.85 Å². The van der Waals surface area contributed by atoms with Crippen LogP contribution in [-0.4, -0.2) is 41.1 Å². The van der Waals surface area contributed by atoms with E-state index >= 15 is 0 Å². The number of aliphatic hydroxyl groups is 1. The monoisotopic (exact) mass is 402 g/mol. The van der Waals surface area contributed by atoms with Crippen LogP contribution in [0.2, 0.25) is 5.82 Å². The standard InChI is InChI=1S/C15H26BO2S2.Y/c1-4-15(2,18)7-6-11-12(16)10-13(17)14(11)20-9-5-8-19-3;/h11-12,14,18H,3-10H2,1-2H3;/q-1;/t11-,12?,14+,15?;/m0./s1. The van der Waals surface area contributed by atoms with E-state index in [2.05, 4.69) is 6.26 Å². The van der Waals surface area contributed by atoms with Gasteiger partial charge in [0.25, 0.3) is 0 Å². The third kappa shape index (κ3) is 7.74. The van der Waals surface area contributed by atoms with Gasteiger partial charge in [-0.15, -0.1) is 0 Å². The fraction of sp³-hybridized carbons (Fsp3) is 0.867. The molecule has 0 amide bonds. The van der Waals surface area contributed by atoms with Crippen molar-refractivity contribution in [2.45, 2.75) is 62.6 Å². The maximum atomic E-state index is 12.1. The number of hydrogen-bond acceptors (Lipinski definition) is 4. The van der Waals surface area contributed by atoms with Crippen LogP contribution in [-0.2, 0) is 37.5 Å². The van der Waals surface area contributed by atoms with E-state index in [1.165, 1.54) is 0 Å². The predicted molar refractivity (Wildman–Crippen MR) is 91.4 cm³/mol. The van der Waals surface area contributed by atoms with Crippen molar-refractivity contribution in [3.63, 3.8) is 0 Å². The van der Waals surface area contributed by atoms with Crippen molar-refractivity contribution in [3.8, 4) is 0 Å². The SMILES string of the molecule is [B]C1CC(=O)[C@H](SCCCS[CH2-])[C@H]1CCC(C)(O)CC.[Y]. The summed E-state index contributed by atoms with van der Waals surface area (Å²) in [6.45, 7) is 3.85. The summed E-state index contributed by atoms with van der Waals surface area (Å²) in [5.41, 5.74) is -0.634. The number of rotatable bonds is 9. The molecule has 1 fully saturated rings. The molecular weight excluding hydrogens is 376 g/mol. The summed E-state index contributed by atoms with van der Waals surface area (Å²) >= 11 is 3.35. The van der Waals surface area contributed by atoms with Gasteiger partial charge in [0.2, 0.25) is 0 Å². The number of Topliss-reactive ketones (excluding diaryl/α,β-unsaturated/α-hetero) is 1. The Kier molecular flexibility index (Phi) is 11.9. The van der Waals surface area contributed by atoms with Gasteiger partial charge in [0.15, 0.2) is 0 Å². The van der Waals surface area contributed by atoms with Gasteiger partial charge in [0, 0.05) is 39.1 Å². The Morgan fingerprint density at radius 2 is 2.14 bits per heavy atom. The second-order valence-electron chi connectivity index (χ2n) is 5.94. The van der Waals surface area contributed by atoms with Gasteiger partial charge in [-0.2, -0.15) is 11.8 Å². The molecule has 4 atom stereocenters. The van der Waals surface area contributed by atoms with Gasteiger partial charge < -0.3 is 16.9 Å². The maximum Gasteiger partial charge on any atom is 0.145 e. The average molecular weight is 402 g/mol. The van der Waals surface area contributed by atoms with E-state index < -0.39 is 5.60 Å². The zero-order valence-electron chi connectivity index (χ0n) is 13.2. The molecule has 1 rings (SSSR count). The summed E-state index contributed by atoms with van der Waals surface area (Å²) in [5, 5.41) is 10.2. The molecule has 0 aromatic carbocycles. The van der Waals surface area contributed by atoms with Crippen molar-refractivity contribution >= 4 is 37.2 Å². The molecule has 0 heterocycles. The molecular formula is C15H26BO2S2Y-. The second-order valence-corrected chi connectivity index (χ2v) is 8.01. The minimum Gasteiger partial charge on any atom is -0.390 e. The molecule has 0 aromatic rings. The first-order valence-electron chi connectivity index (χ1n) is 7.40. The first-order valence-corrected chi connectivity index (χ1v) is 9.61. The maximum absolute atomic E-state index is 12.1. The topological polar surface area (TPSA) is 37.3 Å². The molecule has 3 radical (unpaired) electrons. The zero-order chi connectivity index (χ0) is 15.2. The molecule has 1 N–H and O–H groups in total. The summed E-state index contributed by atoms with van der Waals surface area (Å²) in [7, 11) is 6.13. The number of ketones is 1. The van der Waals surface area contributed by atoms with E-state index in [9.17, 15) is 9.90 Å². The van der Waals surface area contributed by atoms with Crippen molar-refractivity contribution in [2.75, 3.05) is 11.5 Å². The Morgan fingerprint density at radius 3 is 2.71 bits per heavy atom. The molecule has 6 heteroatoms. The molecule has 2 nitrogen and oxygen atoms in total. The van der Waals surface area contributed by atoms with Crippen LogP contribution in [0.4, 0.5) is 0 Å². The molecule has 0 bridgehead atoms.